The number of rotatable bonds is 0. The molecule has 1 aliphatic rings. The van der Waals surface area contributed by atoms with Gasteiger partial charge >= 0.3 is 0 Å². The molecule has 3 heteroatoms. The summed E-state index contributed by atoms with van der Waals surface area (Å²) in [5, 5.41) is 9.03. The molecule has 0 amide bonds. The quantitative estimate of drug-likeness (QED) is 0.545. The fourth-order valence-corrected chi connectivity index (χ4v) is 0.746. The van der Waals surface area contributed by atoms with Crippen molar-refractivity contribution in [1.82, 2.24) is 0 Å². The van der Waals surface area contributed by atoms with Crippen LogP contribution in [-0.2, 0) is 4.79 Å². The van der Waals surface area contributed by atoms with Gasteiger partial charge in [0.25, 0.3) is 0 Å². The number of nitrogens with zero attached hydrogens (tertiary/aromatic N) is 1. The zero-order chi connectivity index (χ0) is 7.72. The Bertz CT molecular complexity index is 228. The van der Waals surface area contributed by atoms with Crippen molar-refractivity contribution in [3.8, 4) is 0 Å². The molecule has 0 fully saturated rings. The molecule has 1 rings (SSSR count). The predicted octanol–water partition coefficient (Wildman–Crippen LogP) is 1.07. The number of Topliss-reactive ketones (excluding diaryl/α,β-unsaturated/α-hetero) is 1. The van der Waals surface area contributed by atoms with E-state index < -0.39 is 0 Å². The summed E-state index contributed by atoms with van der Waals surface area (Å²) in [5.74, 6) is -0.716. The first-order valence-electron chi connectivity index (χ1n) is 3.11. The van der Waals surface area contributed by atoms with Crippen LogP contribution in [0, 0.1) is 5.92 Å². The number of hydrogen-bond donors (Lipinski definition) is 1. The van der Waals surface area contributed by atoms with Crippen LogP contribution in [0.3, 0.4) is 0 Å². The zero-order valence-corrected chi connectivity index (χ0v) is 5.96. The van der Waals surface area contributed by atoms with E-state index in [2.05, 4.69) is 4.99 Å². The van der Waals surface area contributed by atoms with Crippen LogP contribution in [0.25, 0.3) is 0 Å². The number of carbonyl (C=O) groups excluding carboxylic acids is 1. The standard InChI is InChI=1S/C7H9NO2/c1-4-3-8-5(2)7(10)6(4)9/h3-4,10H,1-2H3. The fraction of sp³-hybridized carbons (Fsp3) is 0.429. The zero-order valence-electron chi connectivity index (χ0n) is 5.96. The Morgan fingerprint density at radius 1 is 1.70 bits per heavy atom. The van der Waals surface area contributed by atoms with Crippen LogP contribution in [0.2, 0.25) is 0 Å². The third kappa shape index (κ3) is 0.943. The van der Waals surface area contributed by atoms with E-state index in [-0.39, 0.29) is 17.5 Å². The van der Waals surface area contributed by atoms with E-state index in [9.17, 15) is 4.79 Å². The Balaban J connectivity index is 3.00. The molecule has 0 aromatic carbocycles. The lowest BCUT2D eigenvalue weighted by molar-refractivity contribution is -0.119. The molecule has 54 valence electrons. The van der Waals surface area contributed by atoms with Crippen LogP contribution in [0.4, 0.5) is 0 Å². The molecule has 10 heavy (non-hydrogen) atoms. The van der Waals surface area contributed by atoms with Crippen LogP contribution >= 0.6 is 0 Å². The molecule has 1 unspecified atom stereocenters. The first-order valence-corrected chi connectivity index (χ1v) is 3.11. The SMILES string of the molecule is CC1=C(O)C(=O)C(C)C=N1. The van der Waals surface area contributed by atoms with Crippen LogP contribution in [-0.4, -0.2) is 17.1 Å². The first-order chi connectivity index (χ1) is 4.63. The van der Waals surface area contributed by atoms with E-state index in [1.165, 1.54) is 6.21 Å². The minimum Gasteiger partial charge on any atom is -0.503 e. The van der Waals surface area contributed by atoms with Gasteiger partial charge in [0.2, 0.25) is 5.78 Å². The molecule has 0 saturated carbocycles. The molecule has 1 aliphatic heterocycles. The van der Waals surface area contributed by atoms with Gasteiger partial charge in [-0.2, -0.15) is 0 Å². The molecule has 3 nitrogen and oxygen atoms in total. The maximum atomic E-state index is 10.9. The van der Waals surface area contributed by atoms with Gasteiger partial charge in [-0.3, -0.25) is 9.79 Å². The normalized spacial score (nSPS) is 25.8. The molecule has 0 spiro atoms. The average molecular weight is 139 g/mol. The minimum atomic E-state index is -0.274. The third-order valence-electron chi connectivity index (χ3n) is 1.48. The number of hydrogen-bond acceptors (Lipinski definition) is 3. The van der Waals surface area contributed by atoms with E-state index in [4.69, 9.17) is 5.11 Å². The smallest absolute Gasteiger partial charge is 0.207 e. The maximum absolute atomic E-state index is 10.9. The van der Waals surface area contributed by atoms with E-state index >= 15 is 0 Å². The summed E-state index contributed by atoms with van der Waals surface area (Å²) in [6, 6.07) is 0. The van der Waals surface area contributed by atoms with Gasteiger partial charge in [0.15, 0.2) is 5.76 Å². The van der Waals surface area contributed by atoms with Crippen molar-refractivity contribution >= 4 is 12.0 Å². The van der Waals surface area contributed by atoms with Crippen molar-refractivity contribution < 1.29 is 9.90 Å². The van der Waals surface area contributed by atoms with Crippen molar-refractivity contribution in [2.24, 2.45) is 10.9 Å². The summed E-state index contributed by atoms with van der Waals surface area (Å²) in [7, 11) is 0. The van der Waals surface area contributed by atoms with Crippen molar-refractivity contribution in [2.45, 2.75) is 13.8 Å². The van der Waals surface area contributed by atoms with E-state index in [0.717, 1.165) is 0 Å². The lowest BCUT2D eigenvalue weighted by Gasteiger charge is -2.09. The molecule has 1 atom stereocenters. The summed E-state index contributed by atoms with van der Waals surface area (Å²) >= 11 is 0. The highest BCUT2D eigenvalue weighted by molar-refractivity contribution is 6.06. The molecule has 0 aliphatic carbocycles. The number of carbonyl (C=O) groups is 1. The van der Waals surface area contributed by atoms with Gasteiger partial charge in [-0.25, -0.2) is 0 Å². The summed E-state index contributed by atoms with van der Waals surface area (Å²) in [5.41, 5.74) is 0.406. The van der Waals surface area contributed by atoms with E-state index in [1.54, 1.807) is 13.8 Å². The fourth-order valence-electron chi connectivity index (χ4n) is 0.746. The van der Waals surface area contributed by atoms with Crippen LogP contribution in [0.1, 0.15) is 13.8 Å². The molecule has 0 bridgehead atoms. The topological polar surface area (TPSA) is 49.7 Å². The number of aliphatic hydroxyl groups is 1. The molecule has 1 heterocycles. The van der Waals surface area contributed by atoms with Crippen molar-refractivity contribution in [2.75, 3.05) is 0 Å². The van der Waals surface area contributed by atoms with Crippen molar-refractivity contribution in [3.05, 3.63) is 11.5 Å². The summed E-state index contributed by atoms with van der Waals surface area (Å²) in [6.07, 6.45) is 1.54. The number of aliphatic hydroxyl groups excluding tert-OH is 1. The van der Waals surface area contributed by atoms with Crippen LogP contribution in [0.5, 0.6) is 0 Å². The van der Waals surface area contributed by atoms with Crippen molar-refractivity contribution in [1.29, 1.82) is 0 Å². The second kappa shape index (κ2) is 2.25. The molecule has 0 aromatic heterocycles. The average Bonchev–Trinajstić information content (AvgIpc) is 1.93. The van der Waals surface area contributed by atoms with Gasteiger partial charge in [-0.05, 0) is 13.8 Å². The first kappa shape index (κ1) is 6.99. The second-order valence-corrected chi connectivity index (χ2v) is 2.37. The molecule has 0 aromatic rings. The maximum Gasteiger partial charge on any atom is 0.207 e. The van der Waals surface area contributed by atoms with Gasteiger partial charge < -0.3 is 5.11 Å². The van der Waals surface area contributed by atoms with Crippen LogP contribution in [0.15, 0.2) is 16.4 Å². The van der Waals surface area contributed by atoms with E-state index in [1.807, 2.05) is 0 Å². The highest BCUT2D eigenvalue weighted by atomic mass is 16.3. The molecular formula is C7H9NO2. The number of aliphatic imine (C=N–C) groups is 1. The Labute approximate surface area is 59.1 Å². The Morgan fingerprint density at radius 2 is 2.30 bits per heavy atom. The lowest BCUT2D eigenvalue weighted by Crippen LogP contribution is -2.19. The molecular weight excluding hydrogens is 130 g/mol. The molecule has 0 radical (unpaired) electrons. The van der Waals surface area contributed by atoms with Crippen molar-refractivity contribution in [3.63, 3.8) is 0 Å². The second-order valence-electron chi connectivity index (χ2n) is 2.37. The van der Waals surface area contributed by atoms with Gasteiger partial charge in [-0.15, -0.1) is 0 Å². The molecule has 0 saturated heterocycles. The van der Waals surface area contributed by atoms with Gasteiger partial charge in [-0.1, -0.05) is 0 Å². The number of allylic oxidation sites excluding steroid dienone is 2. The number of ketones is 1. The monoisotopic (exact) mass is 139 g/mol. The Kier molecular flexibility index (Phi) is 1.57. The van der Waals surface area contributed by atoms with Crippen LogP contribution < -0.4 is 0 Å². The van der Waals surface area contributed by atoms with Gasteiger partial charge in [0, 0.05) is 6.21 Å². The lowest BCUT2D eigenvalue weighted by atomic mass is 10.0. The predicted molar refractivity (Wildman–Crippen MR) is 38.0 cm³/mol. The Morgan fingerprint density at radius 3 is 2.80 bits per heavy atom. The summed E-state index contributed by atoms with van der Waals surface area (Å²) in [6.45, 7) is 3.31. The minimum absolute atomic E-state index is 0.199. The van der Waals surface area contributed by atoms with E-state index in [0.29, 0.717) is 5.70 Å². The highest BCUT2D eigenvalue weighted by Crippen LogP contribution is 2.13. The summed E-state index contributed by atoms with van der Waals surface area (Å²) < 4.78 is 0. The van der Waals surface area contributed by atoms with Gasteiger partial charge in [0.1, 0.15) is 0 Å². The summed E-state index contributed by atoms with van der Waals surface area (Å²) in [4.78, 5) is 14.8. The van der Waals surface area contributed by atoms with Gasteiger partial charge in [0.05, 0.1) is 11.6 Å². The third-order valence-corrected chi connectivity index (χ3v) is 1.48. The molecule has 1 N–H and O–H groups in total. The largest absolute Gasteiger partial charge is 0.503 e. The highest BCUT2D eigenvalue weighted by Gasteiger charge is 2.20. The Hall–Kier alpha value is -1.12.